The number of piperazine rings is 1. The van der Waals surface area contributed by atoms with E-state index in [1.54, 1.807) is 11.8 Å². The predicted octanol–water partition coefficient (Wildman–Crippen LogP) is -1.64. The van der Waals surface area contributed by atoms with Crippen LogP contribution in [0.1, 0.15) is 6.92 Å². The molecule has 1 unspecified atom stereocenters. The molecule has 1 aliphatic heterocycles. The van der Waals surface area contributed by atoms with Crippen LogP contribution >= 0.6 is 0 Å². The summed E-state index contributed by atoms with van der Waals surface area (Å²) in [6.45, 7) is 4.35. The molecule has 0 saturated carbocycles. The Bertz CT molecular complexity index is 322. The molecule has 2 N–H and O–H groups in total. The number of rotatable bonds is 3. The summed E-state index contributed by atoms with van der Waals surface area (Å²) >= 11 is 0. The fraction of sp³-hybridized carbons (Fsp3) is 0.875. The van der Waals surface area contributed by atoms with Crippen LogP contribution < -0.4 is 10.0 Å². The van der Waals surface area contributed by atoms with Crippen molar-refractivity contribution in [1.29, 1.82) is 0 Å². The molecule has 1 fully saturated rings. The van der Waals surface area contributed by atoms with Crippen LogP contribution in [-0.2, 0) is 14.8 Å². The van der Waals surface area contributed by atoms with Crippen LogP contribution in [-0.4, -0.2) is 57.7 Å². The molecule has 1 rings (SSSR count). The molecule has 1 saturated heterocycles. The van der Waals surface area contributed by atoms with Crippen LogP contribution in [0.4, 0.5) is 0 Å². The molecular formula is C8H17N3O3S. The Morgan fingerprint density at radius 2 is 1.93 bits per heavy atom. The van der Waals surface area contributed by atoms with E-state index in [1.807, 2.05) is 0 Å². The van der Waals surface area contributed by atoms with Gasteiger partial charge in [-0.25, -0.2) is 13.1 Å². The molecule has 0 aliphatic carbocycles. The summed E-state index contributed by atoms with van der Waals surface area (Å²) in [6.07, 6.45) is 1.05. The summed E-state index contributed by atoms with van der Waals surface area (Å²) in [5.41, 5.74) is 0. The SMILES string of the molecule is CC(NS(C)(=O)=O)C(=O)N1CCNCC1. The van der Waals surface area contributed by atoms with Crippen LogP contribution in [0.5, 0.6) is 0 Å². The monoisotopic (exact) mass is 235 g/mol. The fourth-order valence-corrected chi connectivity index (χ4v) is 2.27. The summed E-state index contributed by atoms with van der Waals surface area (Å²) in [5, 5.41) is 3.12. The quantitative estimate of drug-likeness (QED) is 0.615. The van der Waals surface area contributed by atoms with Crippen molar-refractivity contribution < 1.29 is 13.2 Å². The average Bonchev–Trinajstić information content (AvgIpc) is 2.15. The molecule has 0 aromatic heterocycles. The molecule has 1 aliphatic rings. The third-order valence-corrected chi connectivity index (χ3v) is 2.97. The van der Waals surface area contributed by atoms with Crippen molar-refractivity contribution in [3.8, 4) is 0 Å². The second-order valence-electron chi connectivity index (χ2n) is 3.69. The lowest BCUT2D eigenvalue weighted by Gasteiger charge is -2.29. The topological polar surface area (TPSA) is 78.5 Å². The molecule has 0 aromatic carbocycles. The van der Waals surface area contributed by atoms with E-state index in [4.69, 9.17) is 0 Å². The van der Waals surface area contributed by atoms with E-state index in [1.165, 1.54) is 0 Å². The van der Waals surface area contributed by atoms with Crippen molar-refractivity contribution in [3.05, 3.63) is 0 Å². The highest BCUT2D eigenvalue weighted by atomic mass is 32.2. The number of nitrogens with one attached hydrogen (secondary N) is 2. The Kier molecular flexibility index (Phi) is 4.06. The first-order valence-corrected chi connectivity index (χ1v) is 6.76. The number of hydrogen-bond acceptors (Lipinski definition) is 4. The third-order valence-electron chi connectivity index (χ3n) is 2.19. The zero-order chi connectivity index (χ0) is 11.5. The maximum absolute atomic E-state index is 11.7. The minimum absolute atomic E-state index is 0.165. The van der Waals surface area contributed by atoms with Crippen molar-refractivity contribution in [1.82, 2.24) is 14.9 Å². The van der Waals surface area contributed by atoms with E-state index in [9.17, 15) is 13.2 Å². The lowest BCUT2D eigenvalue weighted by molar-refractivity contribution is -0.133. The average molecular weight is 235 g/mol. The molecule has 15 heavy (non-hydrogen) atoms. The lowest BCUT2D eigenvalue weighted by Crippen LogP contribution is -2.52. The number of carbonyl (C=O) groups is 1. The zero-order valence-corrected chi connectivity index (χ0v) is 9.80. The van der Waals surface area contributed by atoms with E-state index >= 15 is 0 Å². The minimum atomic E-state index is -3.32. The van der Waals surface area contributed by atoms with Crippen molar-refractivity contribution in [2.45, 2.75) is 13.0 Å². The molecule has 0 radical (unpaired) electrons. The first-order chi connectivity index (χ1) is 6.90. The predicted molar refractivity (Wildman–Crippen MR) is 56.9 cm³/mol. The number of hydrogen-bond donors (Lipinski definition) is 2. The van der Waals surface area contributed by atoms with Crippen molar-refractivity contribution in [2.24, 2.45) is 0 Å². The molecule has 0 bridgehead atoms. The van der Waals surface area contributed by atoms with E-state index in [0.717, 1.165) is 19.3 Å². The van der Waals surface area contributed by atoms with Gasteiger partial charge in [0.1, 0.15) is 0 Å². The van der Waals surface area contributed by atoms with Gasteiger partial charge < -0.3 is 10.2 Å². The molecular weight excluding hydrogens is 218 g/mol. The lowest BCUT2D eigenvalue weighted by atomic mass is 10.2. The highest BCUT2D eigenvalue weighted by Gasteiger charge is 2.23. The van der Waals surface area contributed by atoms with Gasteiger partial charge in [0.25, 0.3) is 0 Å². The van der Waals surface area contributed by atoms with Gasteiger partial charge >= 0.3 is 0 Å². The van der Waals surface area contributed by atoms with Crippen LogP contribution in [0.2, 0.25) is 0 Å². The first kappa shape index (κ1) is 12.4. The van der Waals surface area contributed by atoms with Crippen molar-refractivity contribution >= 4 is 15.9 Å². The second-order valence-corrected chi connectivity index (χ2v) is 5.47. The van der Waals surface area contributed by atoms with Crippen LogP contribution in [0.25, 0.3) is 0 Å². The van der Waals surface area contributed by atoms with Gasteiger partial charge in [0, 0.05) is 26.2 Å². The summed E-state index contributed by atoms with van der Waals surface area (Å²) < 4.78 is 24.1. The molecule has 7 heteroatoms. The summed E-state index contributed by atoms with van der Waals surface area (Å²) in [7, 11) is -3.32. The highest BCUT2D eigenvalue weighted by Crippen LogP contribution is 1.98. The number of sulfonamides is 1. The molecule has 88 valence electrons. The highest BCUT2D eigenvalue weighted by molar-refractivity contribution is 7.88. The zero-order valence-electron chi connectivity index (χ0n) is 8.99. The third kappa shape index (κ3) is 4.15. The number of nitrogens with zero attached hydrogens (tertiary/aromatic N) is 1. The fourth-order valence-electron chi connectivity index (χ4n) is 1.53. The Labute approximate surface area is 90.1 Å². The molecule has 1 amide bonds. The Hall–Kier alpha value is -0.660. The second kappa shape index (κ2) is 4.91. The minimum Gasteiger partial charge on any atom is -0.339 e. The van der Waals surface area contributed by atoms with E-state index in [2.05, 4.69) is 10.0 Å². The molecule has 0 aromatic rings. The van der Waals surface area contributed by atoms with Crippen LogP contribution in [0, 0.1) is 0 Å². The molecule has 1 heterocycles. The van der Waals surface area contributed by atoms with Gasteiger partial charge in [-0.3, -0.25) is 4.79 Å². The summed E-state index contributed by atoms with van der Waals surface area (Å²) in [5.74, 6) is -0.165. The van der Waals surface area contributed by atoms with Gasteiger partial charge in [-0.2, -0.15) is 0 Å². The normalized spacial score (nSPS) is 20.0. The maximum Gasteiger partial charge on any atom is 0.240 e. The van der Waals surface area contributed by atoms with Gasteiger partial charge in [0.15, 0.2) is 0 Å². The Morgan fingerprint density at radius 1 is 1.40 bits per heavy atom. The van der Waals surface area contributed by atoms with E-state index in [-0.39, 0.29) is 5.91 Å². The van der Waals surface area contributed by atoms with Crippen LogP contribution in [0.3, 0.4) is 0 Å². The van der Waals surface area contributed by atoms with E-state index in [0.29, 0.717) is 13.1 Å². The van der Waals surface area contributed by atoms with Gasteiger partial charge in [-0.15, -0.1) is 0 Å². The largest absolute Gasteiger partial charge is 0.339 e. The van der Waals surface area contributed by atoms with Gasteiger partial charge in [-0.1, -0.05) is 0 Å². The molecule has 0 spiro atoms. The first-order valence-electron chi connectivity index (χ1n) is 4.87. The Morgan fingerprint density at radius 3 is 2.40 bits per heavy atom. The van der Waals surface area contributed by atoms with E-state index < -0.39 is 16.1 Å². The number of amides is 1. The van der Waals surface area contributed by atoms with Gasteiger partial charge in [-0.05, 0) is 6.92 Å². The Balaban J connectivity index is 2.51. The van der Waals surface area contributed by atoms with Crippen LogP contribution in [0.15, 0.2) is 0 Å². The summed E-state index contributed by atoms with van der Waals surface area (Å²) in [4.78, 5) is 13.4. The number of carbonyl (C=O) groups excluding carboxylic acids is 1. The van der Waals surface area contributed by atoms with Crippen molar-refractivity contribution in [2.75, 3.05) is 32.4 Å². The van der Waals surface area contributed by atoms with Crippen molar-refractivity contribution in [3.63, 3.8) is 0 Å². The van der Waals surface area contributed by atoms with Gasteiger partial charge in [0.2, 0.25) is 15.9 Å². The maximum atomic E-state index is 11.7. The van der Waals surface area contributed by atoms with Gasteiger partial charge in [0.05, 0.1) is 12.3 Å². The molecule has 1 atom stereocenters. The smallest absolute Gasteiger partial charge is 0.240 e. The summed E-state index contributed by atoms with van der Waals surface area (Å²) in [6, 6.07) is -0.682. The standard InChI is InChI=1S/C8H17N3O3S/c1-7(10-15(2,13)14)8(12)11-5-3-9-4-6-11/h7,9-10H,3-6H2,1-2H3. The molecule has 6 nitrogen and oxygen atoms in total.